The van der Waals surface area contributed by atoms with Crippen LogP contribution in [0.2, 0.25) is 0 Å². The molecule has 0 fully saturated rings. The first kappa shape index (κ1) is 19.9. The van der Waals surface area contributed by atoms with Crippen LogP contribution in [0.25, 0.3) is 0 Å². The van der Waals surface area contributed by atoms with Gasteiger partial charge in [0, 0.05) is 0 Å². The van der Waals surface area contributed by atoms with Gasteiger partial charge in [-0.05, 0) is 30.2 Å². The monoisotopic (exact) mass is 370 g/mol. The van der Waals surface area contributed by atoms with Crippen LogP contribution in [0.3, 0.4) is 0 Å². The van der Waals surface area contributed by atoms with Crippen LogP contribution in [-0.4, -0.2) is 0 Å². The minimum absolute atomic E-state index is 0.115. The molecule has 0 saturated heterocycles. The molecule has 0 spiro atoms. The smallest absolute Gasteiger partial charge is 0.404 e. The molecule has 2 aromatic rings. The number of allylic oxidation sites excluding steroid dienone is 4. The summed E-state index contributed by atoms with van der Waals surface area (Å²) in [6, 6.07) is 18.9. The fourth-order valence-corrected chi connectivity index (χ4v) is 3.25. The maximum atomic E-state index is 13.1. The summed E-state index contributed by atoms with van der Waals surface area (Å²) in [6.45, 7) is 5.70. The second-order valence-corrected chi connectivity index (χ2v) is 6.95. The van der Waals surface area contributed by atoms with Gasteiger partial charge < -0.3 is 4.52 Å². The van der Waals surface area contributed by atoms with Crippen molar-refractivity contribution in [3.8, 4) is 0 Å². The summed E-state index contributed by atoms with van der Waals surface area (Å²) >= 11 is 0. The van der Waals surface area contributed by atoms with Crippen LogP contribution in [0.5, 0.6) is 0 Å². The van der Waals surface area contributed by atoms with E-state index in [4.69, 9.17) is 13.6 Å². The summed E-state index contributed by atoms with van der Waals surface area (Å²) in [5.41, 5.74) is 1.75. The molecular formula is C21H23O4P. The molecule has 0 unspecified atom stereocenters. The first-order valence-corrected chi connectivity index (χ1v) is 9.73. The van der Waals surface area contributed by atoms with Gasteiger partial charge in [-0.1, -0.05) is 79.4 Å². The number of rotatable bonds is 10. The van der Waals surface area contributed by atoms with Gasteiger partial charge in [0.25, 0.3) is 0 Å². The molecule has 26 heavy (non-hydrogen) atoms. The molecule has 2 aromatic carbocycles. The van der Waals surface area contributed by atoms with E-state index < -0.39 is 7.82 Å². The fourth-order valence-electron chi connectivity index (χ4n) is 2.07. The van der Waals surface area contributed by atoms with Crippen molar-refractivity contribution in [2.75, 3.05) is 0 Å². The van der Waals surface area contributed by atoms with Gasteiger partial charge >= 0.3 is 7.82 Å². The molecule has 0 amide bonds. The lowest BCUT2D eigenvalue weighted by Crippen LogP contribution is -2.01. The Morgan fingerprint density at radius 3 is 1.88 bits per heavy atom. The van der Waals surface area contributed by atoms with Gasteiger partial charge in [-0.3, -0.25) is 9.05 Å². The Bertz CT molecular complexity index is 735. The second-order valence-electron chi connectivity index (χ2n) is 5.36. The van der Waals surface area contributed by atoms with Gasteiger partial charge in [0.05, 0.1) is 13.2 Å². The van der Waals surface area contributed by atoms with Gasteiger partial charge in [0.2, 0.25) is 0 Å². The van der Waals surface area contributed by atoms with E-state index in [2.05, 4.69) is 6.58 Å². The molecule has 2 rings (SSSR count). The number of phosphoric ester groups is 1. The van der Waals surface area contributed by atoms with Crippen LogP contribution in [-0.2, 0) is 31.4 Å². The van der Waals surface area contributed by atoms with E-state index in [9.17, 15) is 4.57 Å². The first-order valence-electron chi connectivity index (χ1n) is 8.27. The molecule has 0 saturated carbocycles. The third-order valence-corrected chi connectivity index (χ3v) is 4.62. The average Bonchev–Trinajstić information content (AvgIpc) is 2.67. The minimum Gasteiger partial charge on any atom is -0.404 e. The van der Waals surface area contributed by atoms with E-state index in [-0.39, 0.29) is 13.2 Å². The van der Waals surface area contributed by atoms with Crippen LogP contribution < -0.4 is 0 Å². The topological polar surface area (TPSA) is 44.8 Å². The maximum absolute atomic E-state index is 13.1. The second kappa shape index (κ2) is 10.6. The van der Waals surface area contributed by atoms with Crippen LogP contribution in [0.4, 0.5) is 0 Å². The minimum atomic E-state index is -3.83. The van der Waals surface area contributed by atoms with Crippen LogP contribution in [0, 0.1) is 0 Å². The zero-order chi connectivity index (χ0) is 18.7. The van der Waals surface area contributed by atoms with E-state index >= 15 is 0 Å². The lowest BCUT2D eigenvalue weighted by molar-refractivity contribution is 0.126. The van der Waals surface area contributed by atoms with E-state index in [1.807, 2.05) is 67.6 Å². The third kappa shape index (κ3) is 6.85. The lowest BCUT2D eigenvalue weighted by Gasteiger charge is -2.19. The van der Waals surface area contributed by atoms with E-state index in [1.165, 1.54) is 0 Å². The highest BCUT2D eigenvalue weighted by Crippen LogP contribution is 2.53. The van der Waals surface area contributed by atoms with Gasteiger partial charge in [0.1, 0.15) is 5.76 Å². The van der Waals surface area contributed by atoms with Gasteiger partial charge in [-0.2, -0.15) is 0 Å². The Morgan fingerprint density at radius 2 is 1.46 bits per heavy atom. The van der Waals surface area contributed by atoms with Gasteiger partial charge in [-0.25, -0.2) is 4.57 Å². The summed E-state index contributed by atoms with van der Waals surface area (Å²) in [7, 11) is -3.83. The molecule has 5 heteroatoms. The van der Waals surface area contributed by atoms with Gasteiger partial charge in [-0.15, -0.1) is 0 Å². The summed E-state index contributed by atoms with van der Waals surface area (Å²) < 4.78 is 29.8. The van der Waals surface area contributed by atoms with Crippen molar-refractivity contribution in [2.24, 2.45) is 0 Å². The molecule has 4 nitrogen and oxygen atoms in total. The van der Waals surface area contributed by atoms with Crippen molar-refractivity contribution < 1.29 is 18.1 Å². The van der Waals surface area contributed by atoms with Crippen LogP contribution >= 0.6 is 7.82 Å². The number of hydrogen-bond acceptors (Lipinski definition) is 4. The molecule has 0 aliphatic heterocycles. The predicted molar refractivity (Wildman–Crippen MR) is 104 cm³/mol. The normalized spacial score (nSPS) is 12.3. The molecular weight excluding hydrogens is 347 g/mol. The Labute approximate surface area is 155 Å². The molecule has 136 valence electrons. The quantitative estimate of drug-likeness (QED) is 0.284. The molecule has 0 bridgehead atoms. The summed E-state index contributed by atoms with van der Waals surface area (Å²) in [6.07, 6.45) is 6.60. The molecule has 0 aromatic heterocycles. The van der Waals surface area contributed by atoms with Crippen molar-refractivity contribution in [3.63, 3.8) is 0 Å². The molecule has 0 aliphatic rings. The molecule has 0 N–H and O–H groups in total. The largest absolute Gasteiger partial charge is 0.530 e. The van der Waals surface area contributed by atoms with Crippen LogP contribution in [0.1, 0.15) is 18.1 Å². The van der Waals surface area contributed by atoms with Crippen molar-refractivity contribution >= 4 is 7.82 Å². The highest BCUT2D eigenvalue weighted by atomic mass is 31.2. The Hall–Kier alpha value is -2.39. The van der Waals surface area contributed by atoms with E-state index in [1.54, 1.807) is 24.3 Å². The summed E-state index contributed by atoms with van der Waals surface area (Å²) in [4.78, 5) is 0. The number of hydrogen-bond donors (Lipinski definition) is 0. The number of benzene rings is 2. The Balaban J connectivity index is 2.14. The van der Waals surface area contributed by atoms with E-state index in [0.29, 0.717) is 5.76 Å². The van der Waals surface area contributed by atoms with Crippen molar-refractivity contribution in [3.05, 3.63) is 108 Å². The number of phosphoric acid groups is 1. The third-order valence-electron chi connectivity index (χ3n) is 3.29. The molecule has 0 atom stereocenters. The van der Waals surface area contributed by atoms with Gasteiger partial charge in [0.15, 0.2) is 0 Å². The maximum Gasteiger partial charge on any atom is 0.530 e. The zero-order valence-electron chi connectivity index (χ0n) is 14.8. The molecule has 0 heterocycles. The SMILES string of the molecule is C=C/C=C(\C=C/C)OP(=O)(OCc1ccccc1)OCc1ccccc1. The van der Waals surface area contributed by atoms with Crippen molar-refractivity contribution in [1.29, 1.82) is 0 Å². The average molecular weight is 370 g/mol. The highest BCUT2D eigenvalue weighted by molar-refractivity contribution is 7.48. The van der Waals surface area contributed by atoms with E-state index in [0.717, 1.165) is 11.1 Å². The Morgan fingerprint density at radius 1 is 0.962 bits per heavy atom. The van der Waals surface area contributed by atoms with Crippen molar-refractivity contribution in [1.82, 2.24) is 0 Å². The highest BCUT2D eigenvalue weighted by Gasteiger charge is 2.29. The van der Waals surface area contributed by atoms with Crippen molar-refractivity contribution in [2.45, 2.75) is 20.1 Å². The van der Waals surface area contributed by atoms with Crippen LogP contribution in [0.15, 0.2) is 97.3 Å². The standard InChI is InChI=1S/C21H23O4P/c1-3-11-21(12-4-2)25-26(22,23-17-19-13-7-5-8-14-19)24-18-20-15-9-6-10-16-20/h3-16H,1,17-18H2,2H3/b12-4-,21-11+. The predicted octanol–water partition coefficient (Wildman–Crippen LogP) is 6.19. The zero-order valence-corrected chi connectivity index (χ0v) is 15.7. The molecule has 0 radical (unpaired) electrons. The Kier molecular flexibility index (Phi) is 8.10. The summed E-state index contributed by atoms with van der Waals surface area (Å²) in [5, 5.41) is 0. The summed E-state index contributed by atoms with van der Waals surface area (Å²) in [5.74, 6) is 0.354. The fraction of sp³-hybridized carbons (Fsp3) is 0.143. The molecule has 0 aliphatic carbocycles. The first-order chi connectivity index (χ1) is 12.6. The lowest BCUT2D eigenvalue weighted by atomic mass is 10.2.